The lowest BCUT2D eigenvalue weighted by atomic mass is 10.1. The first-order valence-electron chi connectivity index (χ1n) is 11.7. The van der Waals surface area contributed by atoms with Crippen LogP contribution < -0.4 is 20.3 Å². The molecule has 2 aromatic rings. The van der Waals surface area contributed by atoms with Crippen LogP contribution in [0.25, 0.3) is 0 Å². The highest BCUT2D eigenvalue weighted by Gasteiger charge is 2.31. The van der Waals surface area contributed by atoms with Crippen molar-refractivity contribution in [3.05, 3.63) is 35.9 Å². The van der Waals surface area contributed by atoms with Crippen LogP contribution in [0.15, 0.2) is 30.3 Å². The van der Waals surface area contributed by atoms with Crippen molar-refractivity contribution < 1.29 is 26.3 Å². The molecule has 0 aliphatic carbocycles. The van der Waals surface area contributed by atoms with Crippen LogP contribution in [0.5, 0.6) is 6.01 Å². The van der Waals surface area contributed by atoms with Gasteiger partial charge in [-0.3, -0.25) is 0 Å². The molecule has 0 saturated carbocycles. The molecule has 1 atom stereocenters. The smallest absolute Gasteiger partial charge is 0.422 e. The minimum atomic E-state index is -4.53. The molecule has 3 heterocycles. The molecular weight excluding hydrogens is 499 g/mol. The maximum absolute atomic E-state index is 12.7. The molecule has 198 valence electrons. The van der Waals surface area contributed by atoms with E-state index in [9.17, 15) is 21.6 Å². The highest BCUT2D eigenvalue weighted by Crippen LogP contribution is 2.24. The van der Waals surface area contributed by atoms with E-state index in [4.69, 9.17) is 4.74 Å². The Hall–Kier alpha value is -2.71. The van der Waals surface area contributed by atoms with E-state index in [0.29, 0.717) is 45.6 Å². The quantitative estimate of drug-likeness (QED) is 0.504. The minimum Gasteiger partial charge on any atom is -0.454 e. The number of alkyl halides is 3. The predicted molar refractivity (Wildman–Crippen MR) is 128 cm³/mol. The van der Waals surface area contributed by atoms with Crippen LogP contribution in [-0.2, 0) is 16.6 Å². The molecule has 36 heavy (non-hydrogen) atoms. The fraction of sp³-hybridized carbons (Fsp3) is 0.591. The van der Waals surface area contributed by atoms with Crippen molar-refractivity contribution in [2.24, 2.45) is 0 Å². The summed E-state index contributed by atoms with van der Waals surface area (Å²) in [4.78, 5) is 14.5. The normalized spacial score (nSPS) is 20.0. The first-order valence-corrected chi connectivity index (χ1v) is 13.6. The molecule has 2 fully saturated rings. The summed E-state index contributed by atoms with van der Waals surface area (Å²) in [6.07, 6.45) is -1.51. The Morgan fingerprint density at radius 3 is 2.39 bits per heavy atom. The molecule has 0 bridgehead atoms. The Morgan fingerprint density at radius 2 is 1.72 bits per heavy atom. The van der Waals surface area contributed by atoms with E-state index in [1.165, 1.54) is 10.6 Å². The number of anilines is 2. The largest absolute Gasteiger partial charge is 0.454 e. The molecule has 2 N–H and O–H groups in total. The average Bonchev–Trinajstić information content (AvgIpc) is 3.31. The maximum Gasteiger partial charge on any atom is 0.422 e. The van der Waals surface area contributed by atoms with Gasteiger partial charge in [0.1, 0.15) is 0 Å². The van der Waals surface area contributed by atoms with Crippen molar-refractivity contribution in [2.75, 3.05) is 49.3 Å². The fourth-order valence-corrected chi connectivity index (χ4v) is 5.12. The lowest BCUT2D eigenvalue weighted by Gasteiger charge is -2.30. The molecule has 14 heteroatoms. The van der Waals surface area contributed by atoms with Gasteiger partial charge in [0, 0.05) is 44.8 Å². The van der Waals surface area contributed by atoms with Gasteiger partial charge in [-0.1, -0.05) is 30.3 Å². The molecule has 0 radical (unpaired) electrons. The van der Waals surface area contributed by atoms with Crippen LogP contribution >= 0.6 is 0 Å². The zero-order valence-corrected chi connectivity index (χ0v) is 20.7. The summed E-state index contributed by atoms with van der Waals surface area (Å²) in [5.74, 6) is 0.345. The Labute approximate surface area is 208 Å². The van der Waals surface area contributed by atoms with Gasteiger partial charge in [-0.25, -0.2) is 12.7 Å². The molecule has 2 aliphatic heterocycles. The van der Waals surface area contributed by atoms with E-state index in [2.05, 4.69) is 25.6 Å². The van der Waals surface area contributed by atoms with E-state index < -0.39 is 28.8 Å². The van der Waals surface area contributed by atoms with Crippen LogP contribution in [0.4, 0.5) is 25.1 Å². The molecule has 2 saturated heterocycles. The summed E-state index contributed by atoms with van der Waals surface area (Å²) in [5.41, 5.74) is 1.16. The first-order chi connectivity index (χ1) is 17.0. The lowest BCUT2D eigenvalue weighted by molar-refractivity contribution is -0.154. The summed E-state index contributed by atoms with van der Waals surface area (Å²) in [7, 11) is -3.27. The van der Waals surface area contributed by atoms with E-state index in [1.54, 1.807) is 0 Å². The number of aromatic nitrogens is 3. The number of sulfonamides is 1. The van der Waals surface area contributed by atoms with Gasteiger partial charge in [0.25, 0.3) is 0 Å². The first kappa shape index (κ1) is 26.4. The van der Waals surface area contributed by atoms with Crippen molar-refractivity contribution >= 4 is 21.9 Å². The summed E-state index contributed by atoms with van der Waals surface area (Å²) < 4.78 is 68.0. The number of hydrogen-bond acceptors (Lipinski definition) is 9. The topological polar surface area (TPSA) is 113 Å². The monoisotopic (exact) mass is 529 g/mol. The van der Waals surface area contributed by atoms with Gasteiger partial charge < -0.3 is 20.3 Å². The molecular formula is C22H30F3N7O3S. The van der Waals surface area contributed by atoms with Gasteiger partial charge in [-0.05, 0) is 24.8 Å². The van der Waals surface area contributed by atoms with Crippen molar-refractivity contribution in [1.29, 1.82) is 0 Å². The minimum absolute atomic E-state index is 0.107. The summed E-state index contributed by atoms with van der Waals surface area (Å²) >= 11 is 0. The molecule has 0 amide bonds. The zero-order valence-electron chi connectivity index (χ0n) is 19.9. The highest BCUT2D eigenvalue weighted by molar-refractivity contribution is 7.88. The van der Waals surface area contributed by atoms with E-state index in [-0.39, 0.29) is 24.0 Å². The Morgan fingerprint density at radius 1 is 1.03 bits per heavy atom. The second-order valence-electron chi connectivity index (χ2n) is 9.02. The van der Waals surface area contributed by atoms with Crippen molar-refractivity contribution in [1.82, 2.24) is 24.6 Å². The van der Waals surface area contributed by atoms with Gasteiger partial charge >= 0.3 is 12.2 Å². The molecule has 0 spiro atoms. The van der Waals surface area contributed by atoms with Crippen molar-refractivity contribution in [3.63, 3.8) is 0 Å². The highest BCUT2D eigenvalue weighted by atomic mass is 32.2. The molecule has 1 unspecified atom stereocenters. The molecule has 1 aromatic carbocycles. The predicted octanol–water partition coefficient (Wildman–Crippen LogP) is 2.02. The zero-order chi connectivity index (χ0) is 25.8. The van der Waals surface area contributed by atoms with Crippen LogP contribution in [0.1, 0.15) is 24.8 Å². The van der Waals surface area contributed by atoms with Crippen LogP contribution in [0.3, 0.4) is 0 Å². The average molecular weight is 530 g/mol. The third-order valence-corrected chi connectivity index (χ3v) is 7.44. The Kier molecular flexibility index (Phi) is 8.15. The van der Waals surface area contributed by atoms with Gasteiger partial charge in [0.2, 0.25) is 21.9 Å². The number of piperidine rings is 1. The molecule has 1 aromatic heterocycles. The van der Waals surface area contributed by atoms with E-state index in [1.807, 2.05) is 35.2 Å². The van der Waals surface area contributed by atoms with Crippen molar-refractivity contribution in [2.45, 2.75) is 44.1 Å². The molecule has 10 nitrogen and oxygen atoms in total. The lowest BCUT2D eigenvalue weighted by Crippen LogP contribution is -2.42. The van der Waals surface area contributed by atoms with Gasteiger partial charge in [-0.2, -0.15) is 28.1 Å². The molecule has 4 rings (SSSR count). The second kappa shape index (κ2) is 11.1. The second-order valence-corrected chi connectivity index (χ2v) is 11.0. The standard InChI is InChI=1S/C22H30F3N7O3S/c1-36(33,34)32-11-8-17(9-12-32)27-19-28-20(30-21(29-19)35-15-22(23,24)25)31-10-7-18(14-31)26-13-16-5-3-2-4-6-16/h2-6,17-18,26H,7-15H2,1H3,(H,27,28,29,30). The number of hydrogen-bond donors (Lipinski definition) is 2. The van der Waals surface area contributed by atoms with Crippen LogP contribution in [-0.4, -0.2) is 85.0 Å². The van der Waals surface area contributed by atoms with Crippen LogP contribution in [0, 0.1) is 0 Å². The Bertz CT molecular complexity index is 1110. The fourth-order valence-electron chi connectivity index (χ4n) is 4.24. The van der Waals surface area contributed by atoms with E-state index >= 15 is 0 Å². The number of nitrogens with zero attached hydrogens (tertiary/aromatic N) is 5. The summed E-state index contributed by atoms with van der Waals surface area (Å²) in [6.45, 7) is 1.09. The number of ether oxygens (including phenoxy) is 1. The van der Waals surface area contributed by atoms with Gasteiger partial charge in [0.05, 0.1) is 6.26 Å². The Balaban J connectivity index is 1.42. The number of nitrogens with one attached hydrogen (secondary N) is 2. The van der Waals surface area contributed by atoms with Gasteiger partial charge in [0.15, 0.2) is 6.61 Å². The number of benzene rings is 1. The number of halogens is 3. The summed E-state index contributed by atoms with van der Waals surface area (Å²) in [5, 5.41) is 6.62. The van der Waals surface area contributed by atoms with Crippen LogP contribution in [0.2, 0.25) is 0 Å². The third-order valence-electron chi connectivity index (χ3n) is 6.13. The maximum atomic E-state index is 12.7. The van der Waals surface area contributed by atoms with E-state index in [0.717, 1.165) is 12.0 Å². The molecule has 2 aliphatic rings. The third kappa shape index (κ3) is 7.64. The SMILES string of the molecule is CS(=O)(=O)N1CCC(Nc2nc(OCC(F)(F)F)nc(N3CCC(NCc4ccccc4)C3)n2)CC1. The number of rotatable bonds is 9. The van der Waals surface area contributed by atoms with Crippen molar-refractivity contribution in [3.8, 4) is 6.01 Å². The van der Waals surface area contributed by atoms with Gasteiger partial charge in [-0.15, -0.1) is 0 Å². The summed E-state index contributed by atoms with van der Waals surface area (Å²) in [6, 6.07) is 9.61.